The molecule has 0 fully saturated rings. The molecule has 0 aliphatic rings. The molecule has 6 nitrogen and oxygen atoms in total. The number of halogens is 1. The van der Waals surface area contributed by atoms with Crippen molar-refractivity contribution in [3.8, 4) is 0 Å². The molecule has 1 aromatic heterocycles. The molecule has 1 atom stereocenters. The van der Waals surface area contributed by atoms with Crippen molar-refractivity contribution in [2.45, 2.75) is 13.0 Å². The van der Waals surface area contributed by atoms with Gasteiger partial charge in [0, 0.05) is 18.7 Å². The van der Waals surface area contributed by atoms with Crippen LogP contribution in [-0.4, -0.2) is 41.5 Å². The first-order valence-corrected chi connectivity index (χ1v) is 5.90. The molecular weight excluding hydrogens is 288 g/mol. The third-order valence-corrected chi connectivity index (χ3v) is 2.66. The van der Waals surface area contributed by atoms with Crippen molar-refractivity contribution in [1.82, 2.24) is 9.88 Å². The molecule has 0 spiro atoms. The molecule has 0 aliphatic heterocycles. The summed E-state index contributed by atoms with van der Waals surface area (Å²) in [5, 5.41) is 13.7. The summed E-state index contributed by atoms with van der Waals surface area (Å²) in [6.07, 6.45) is 1.25. The van der Waals surface area contributed by atoms with Gasteiger partial charge in [0.2, 0.25) is 0 Å². The molecule has 1 rings (SSSR count). The lowest BCUT2D eigenvalue weighted by molar-refractivity contribution is -0.385. The molecule has 1 aromatic rings. The first-order valence-electron chi connectivity index (χ1n) is 5.11. The summed E-state index contributed by atoms with van der Waals surface area (Å²) >= 11 is 3.27. The van der Waals surface area contributed by atoms with Gasteiger partial charge in [0.1, 0.15) is 12.0 Å². The second-order valence-corrected chi connectivity index (χ2v) is 4.94. The highest BCUT2D eigenvalue weighted by atomic mass is 79.9. The molecule has 17 heavy (non-hydrogen) atoms. The molecule has 0 saturated heterocycles. The number of likely N-dealkylation sites (N-methyl/N-ethyl adjacent to an activating group) is 1. The van der Waals surface area contributed by atoms with Crippen molar-refractivity contribution in [2.24, 2.45) is 0 Å². The second-order valence-electron chi connectivity index (χ2n) is 4.09. The van der Waals surface area contributed by atoms with Crippen LogP contribution >= 0.6 is 15.9 Å². The van der Waals surface area contributed by atoms with Gasteiger partial charge < -0.3 is 10.2 Å². The zero-order valence-corrected chi connectivity index (χ0v) is 11.6. The van der Waals surface area contributed by atoms with Gasteiger partial charge in [-0.2, -0.15) is 0 Å². The van der Waals surface area contributed by atoms with E-state index in [9.17, 15) is 10.1 Å². The van der Waals surface area contributed by atoms with Crippen LogP contribution in [0.2, 0.25) is 0 Å². The van der Waals surface area contributed by atoms with Crippen LogP contribution in [-0.2, 0) is 0 Å². The lowest BCUT2D eigenvalue weighted by Gasteiger charge is -2.19. The van der Waals surface area contributed by atoms with Gasteiger partial charge in [-0.25, -0.2) is 4.98 Å². The standard InChI is InChI=1S/C10H15BrN4O2/c1-7(6-14(2)3)13-10-9(11)4-8(5-12-10)15(16)17/h4-5,7H,6H2,1-3H3,(H,12,13). The number of rotatable bonds is 5. The Morgan fingerprint density at radius 1 is 1.65 bits per heavy atom. The van der Waals surface area contributed by atoms with Crippen molar-refractivity contribution in [1.29, 1.82) is 0 Å². The number of aromatic nitrogens is 1. The van der Waals surface area contributed by atoms with Crippen LogP contribution < -0.4 is 5.32 Å². The minimum atomic E-state index is -0.467. The van der Waals surface area contributed by atoms with Gasteiger partial charge in [-0.3, -0.25) is 10.1 Å². The highest BCUT2D eigenvalue weighted by molar-refractivity contribution is 9.10. The molecule has 0 bridgehead atoms. The first kappa shape index (κ1) is 13.9. The summed E-state index contributed by atoms with van der Waals surface area (Å²) in [6, 6.07) is 1.65. The van der Waals surface area contributed by atoms with Gasteiger partial charge in [-0.05, 0) is 36.9 Å². The fourth-order valence-corrected chi connectivity index (χ4v) is 1.91. The SMILES string of the molecule is CC(CN(C)C)Nc1ncc([N+](=O)[O-])cc1Br. The van der Waals surface area contributed by atoms with Crippen LogP contribution in [0.3, 0.4) is 0 Å². The van der Waals surface area contributed by atoms with Gasteiger partial charge in [-0.15, -0.1) is 0 Å². The number of nitrogens with zero attached hydrogens (tertiary/aromatic N) is 3. The fourth-order valence-electron chi connectivity index (χ4n) is 1.46. The number of hydrogen-bond donors (Lipinski definition) is 1. The highest BCUT2D eigenvalue weighted by Gasteiger charge is 2.12. The summed E-state index contributed by atoms with van der Waals surface area (Å²) in [6.45, 7) is 2.88. The van der Waals surface area contributed by atoms with Crippen LogP contribution in [0.5, 0.6) is 0 Å². The van der Waals surface area contributed by atoms with Gasteiger partial charge in [0.25, 0.3) is 5.69 Å². The Bertz CT molecular complexity index is 411. The predicted molar refractivity (Wildman–Crippen MR) is 70.2 cm³/mol. The maximum absolute atomic E-state index is 10.5. The zero-order valence-electron chi connectivity index (χ0n) is 9.98. The van der Waals surface area contributed by atoms with E-state index in [4.69, 9.17) is 0 Å². The summed E-state index contributed by atoms with van der Waals surface area (Å²) in [5.41, 5.74) is -0.0253. The van der Waals surface area contributed by atoms with E-state index in [1.165, 1.54) is 12.3 Å². The molecular formula is C10H15BrN4O2. The van der Waals surface area contributed by atoms with Crippen molar-refractivity contribution >= 4 is 27.4 Å². The third-order valence-electron chi connectivity index (χ3n) is 2.06. The van der Waals surface area contributed by atoms with Gasteiger partial charge >= 0.3 is 0 Å². The van der Waals surface area contributed by atoms with Gasteiger partial charge in [-0.1, -0.05) is 0 Å². The predicted octanol–water partition coefficient (Wildman–Crippen LogP) is 2.11. The van der Waals surface area contributed by atoms with E-state index < -0.39 is 4.92 Å². The van der Waals surface area contributed by atoms with E-state index in [1.807, 2.05) is 21.0 Å². The van der Waals surface area contributed by atoms with Crippen molar-refractivity contribution in [2.75, 3.05) is 26.0 Å². The Balaban J connectivity index is 2.75. The van der Waals surface area contributed by atoms with Crippen molar-refractivity contribution < 1.29 is 4.92 Å². The quantitative estimate of drug-likeness (QED) is 0.666. The summed E-state index contributed by atoms with van der Waals surface area (Å²) in [5.74, 6) is 0.616. The molecule has 94 valence electrons. The average Bonchev–Trinajstić information content (AvgIpc) is 2.19. The van der Waals surface area contributed by atoms with Crippen molar-refractivity contribution in [3.63, 3.8) is 0 Å². The van der Waals surface area contributed by atoms with E-state index >= 15 is 0 Å². The molecule has 7 heteroatoms. The fraction of sp³-hybridized carbons (Fsp3) is 0.500. The summed E-state index contributed by atoms with van der Waals surface area (Å²) < 4.78 is 0.595. The average molecular weight is 303 g/mol. The number of nitrogens with one attached hydrogen (secondary N) is 1. The molecule has 0 radical (unpaired) electrons. The number of pyridine rings is 1. The van der Waals surface area contributed by atoms with E-state index in [-0.39, 0.29) is 11.7 Å². The van der Waals surface area contributed by atoms with Gasteiger partial charge in [0.05, 0.1) is 9.40 Å². The Labute approximate surface area is 108 Å². The largest absolute Gasteiger partial charge is 0.365 e. The number of nitro groups is 1. The molecule has 0 aromatic carbocycles. The topological polar surface area (TPSA) is 71.3 Å². The first-order chi connectivity index (χ1) is 7.90. The zero-order chi connectivity index (χ0) is 13.0. The van der Waals surface area contributed by atoms with Crippen molar-refractivity contribution in [3.05, 3.63) is 26.9 Å². The maximum atomic E-state index is 10.5. The summed E-state index contributed by atoms with van der Waals surface area (Å²) in [7, 11) is 3.97. The molecule has 1 heterocycles. The monoisotopic (exact) mass is 302 g/mol. The van der Waals surface area contributed by atoms with E-state index in [1.54, 1.807) is 0 Å². The van der Waals surface area contributed by atoms with Gasteiger partial charge in [0.15, 0.2) is 0 Å². The number of anilines is 1. The number of hydrogen-bond acceptors (Lipinski definition) is 5. The minimum absolute atomic E-state index is 0.0253. The van der Waals surface area contributed by atoms with E-state index in [0.29, 0.717) is 10.3 Å². The Kier molecular flexibility index (Phi) is 4.83. The van der Waals surface area contributed by atoms with E-state index in [2.05, 4.69) is 31.1 Å². The Morgan fingerprint density at radius 3 is 2.76 bits per heavy atom. The lowest BCUT2D eigenvalue weighted by atomic mass is 10.3. The third kappa shape index (κ3) is 4.27. The Morgan fingerprint density at radius 2 is 2.29 bits per heavy atom. The minimum Gasteiger partial charge on any atom is -0.365 e. The van der Waals surface area contributed by atoms with Crippen LogP contribution in [0.15, 0.2) is 16.7 Å². The Hall–Kier alpha value is -1.21. The summed E-state index contributed by atoms with van der Waals surface area (Å²) in [4.78, 5) is 16.2. The van der Waals surface area contributed by atoms with E-state index in [0.717, 1.165) is 6.54 Å². The molecule has 0 amide bonds. The molecule has 0 saturated carbocycles. The second kappa shape index (κ2) is 5.92. The lowest BCUT2D eigenvalue weighted by Crippen LogP contribution is -2.30. The molecule has 1 unspecified atom stereocenters. The van der Waals surface area contributed by atoms with Crippen LogP contribution in [0.4, 0.5) is 11.5 Å². The normalized spacial score (nSPS) is 12.5. The highest BCUT2D eigenvalue weighted by Crippen LogP contribution is 2.24. The van der Waals surface area contributed by atoms with Crippen LogP contribution in [0.25, 0.3) is 0 Å². The smallest absolute Gasteiger partial charge is 0.288 e. The maximum Gasteiger partial charge on any atom is 0.288 e. The van der Waals surface area contributed by atoms with Crippen LogP contribution in [0.1, 0.15) is 6.92 Å². The molecule has 0 aliphatic carbocycles. The molecule has 1 N–H and O–H groups in total. The van der Waals surface area contributed by atoms with Crippen LogP contribution in [0, 0.1) is 10.1 Å².